The number of thiazole rings is 1. The molecule has 0 saturated carbocycles. The van der Waals surface area contributed by atoms with Crippen LogP contribution in [0, 0.1) is 5.82 Å². The maximum atomic E-state index is 12.9. The maximum absolute atomic E-state index is 12.9. The lowest BCUT2D eigenvalue weighted by Gasteiger charge is -2.04. The van der Waals surface area contributed by atoms with Crippen molar-refractivity contribution in [1.82, 2.24) is 4.57 Å². The molecule has 0 atom stereocenters. The number of hydrogen-bond acceptors (Lipinski definition) is 4. The first-order valence-corrected chi connectivity index (χ1v) is 12.9. The van der Waals surface area contributed by atoms with Crippen molar-refractivity contribution in [2.75, 3.05) is 17.8 Å². The summed E-state index contributed by atoms with van der Waals surface area (Å²) in [6.45, 7) is 2.99. The monoisotopic (exact) mass is 448 g/mol. The van der Waals surface area contributed by atoms with Gasteiger partial charge in [0.25, 0.3) is 0 Å². The second kappa shape index (κ2) is 11.0. The Hall–Kier alpha value is -1.57. The lowest BCUT2D eigenvalue weighted by Crippen LogP contribution is -2.18. The number of carbonyl (C=O) groups is 1. The Bertz CT molecular complexity index is 1020. The molecule has 0 saturated heterocycles. The minimum Gasteiger partial charge on any atom is -0.316 e. The fourth-order valence-corrected chi connectivity index (χ4v) is 5.28. The second-order valence-corrected chi connectivity index (χ2v) is 9.76. The van der Waals surface area contributed by atoms with Gasteiger partial charge in [0.15, 0.2) is 4.80 Å². The lowest BCUT2D eigenvalue weighted by molar-refractivity contribution is -0.118. The molecule has 0 aliphatic rings. The highest BCUT2D eigenvalue weighted by atomic mass is 32.2. The van der Waals surface area contributed by atoms with Gasteiger partial charge in [-0.25, -0.2) is 4.39 Å². The van der Waals surface area contributed by atoms with Gasteiger partial charge in [0.2, 0.25) is 5.91 Å². The lowest BCUT2D eigenvalue weighted by atomic mass is 10.2. The van der Waals surface area contributed by atoms with E-state index >= 15 is 0 Å². The molecule has 0 fully saturated rings. The van der Waals surface area contributed by atoms with Crippen LogP contribution in [0.25, 0.3) is 10.2 Å². The highest BCUT2D eigenvalue weighted by Crippen LogP contribution is 2.21. The van der Waals surface area contributed by atoms with E-state index in [0.29, 0.717) is 6.42 Å². The third kappa shape index (κ3) is 6.20. The molecule has 7 heteroatoms. The van der Waals surface area contributed by atoms with Crippen LogP contribution in [-0.4, -0.2) is 28.2 Å². The first-order chi connectivity index (χ1) is 14.1. The molecule has 0 bridgehead atoms. The summed E-state index contributed by atoms with van der Waals surface area (Å²) >= 11 is 5.02. The van der Waals surface area contributed by atoms with Crippen molar-refractivity contribution in [3.05, 3.63) is 58.6 Å². The van der Waals surface area contributed by atoms with Crippen LogP contribution in [0.15, 0.2) is 52.4 Å². The van der Waals surface area contributed by atoms with Gasteiger partial charge in [-0.1, -0.05) is 24.3 Å². The van der Waals surface area contributed by atoms with E-state index in [4.69, 9.17) is 0 Å². The molecule has 154 valence electrons. The summed E-state index contributed by atoms with van der Waals surface area (Å²) in [5.41, 5.74) is 2.45. The SMILES string of the molecule is CCc1ccc2c(c1)sc(=NC(=O)CCCSc1ccc(F)cc1)n2CCSC. The number of fused-ring (bicyclic) bond motifs is 1. The third-order valence-electron chi connectivity index (χ3n) is 4.51. The van der Waals surface area contributed by atoms with Crippen molar-refractivity contribution in [3.8, 4) is 0 Å². The van der Waals surface area contributed by atoms with Crippen LogP contribution in [0.4, 0.5) is 4.39 Å². The number of rotatable bonds is 9. The molecule has 0 radical (unpaired) electrons. The van der Waals surface area contributed by atoms with Crippen LogP contribution in [0.5, 0.6) is 0 Å². The summed E-state index contributed by atoms with van der Waals surface area (Å²) in [5.74, 6) is 1.49. The molecule has 3 rings (SSSR count). The molecule has 0 spiro atoms. The van der Waals surface area contributed by atoms with Crippen LogP contribution in [0.2, 0.25) is 0 Å². The van der Waals surface area contributed by atoms with Crippen LogP contribution >= 0.6 is 34.9 Å². The molecule has 3 nitrogen and oxygen atoms in total. The van der Waals surface area contributed by atoms with Crippen LogP contribution in [-0.2, 0) is 17.8 Å². The fourth-order valence-electron chi connectivity index (χ4n) is 2.93. The molecule has 1 aromatic heterocycles. The second-order valence-electron chi connectivity index (χ2n) is 6.60. The predicted molar refractivity (Wildman–Crippen MR) is 125 cm³/mol. The first kappa shape index (κ1) is 22.1. The molecule has 0 aliphatic carbocycles. The Labute approximate surface area is 183 Å². The zero-order valence-electron chi connectivity index (χ0n) is 16.7. The van der Waals surface area contributed by atoms with E-state index in [9.17, 15) is 9.18 Å². The average molecular weight is 449 g/mol. The highest BCUT2D eigenvalue weighted by Gasteiger charge is 2.09. The van der Waals surface area contributed by atoms with Gasteiger partial charge in [-0.05, 0) is 66.8 Å². The predicted octanol–water partition coefficient (Wildman–Crippen LogP) is 5.77. The van der Waals surface area contributed by atoms with Crippen molar-refractivity contribution >= 4 is 51.0 Å². The normalized spacial score (nSPS) is 12.0. The number of thioether (sulfide) groups is 2. The third-order valence-corrected chi connectivity index (χ3v) is 7.24. The molecule has 0 unspecified atom stereocenters. The minimum atomic E-state index is -0.229. The molecule has 3 aromatic rings. The summed E-state index contributed by atoms with van der Waals surface area (Å²) < 4.78 is 16.3. The summed E-state index contributed by atoms with van der Waals surface area (Å²) in [7, 11) is 0. The van der Waals surface area contributed by atoms with E-state index in [-0.39, 0.29) is 11.7 Å². The number of nitrogens with zero attached hydrogens (tertiary/aromatic N) is 2. The summed E-state index contributed by atoms with van der Waals surface area (Å²) in [5, 5.41) is 0. The van der Waals surface area contributed by atoms with Gasteiger partial charge in [-0.15, -0.1) is 11.8 Å². The first-order valence-electron chi connectivity index (χ1n) is 9.68. The zero-order chi connectivity index (χ0) is 20.6. The van der Waals surface area contributed by atoms with Crippen molar-refractivity contribution in [1.29, 1.82) is 0 Å². The molecule has 0 aliphatic heterocycles. The molecule has 2 aromatic carbocycles. The summed E-state index contributed by atoms with van der Waals surface area (Å²) in [6, 6.07) is 13.0. The van der Waals surface area contributed by atoms with E-state index < -0.39 is 0 Å². The zero-order valence-corrected chi connectivity index (χ0v) is 19.1. The van der Waals surface area contributed by atoms with Crippen molar-refractivity contribution in [2.24, 2.45) is 4.99 Å². The summed E-state index contributed by atoms with van der Waals surface area (Å²) in [6.07, 6.45) is 4.26. The molecular formula is C22H25FN2OS3. The Morgan fingerprint density at radius 3 is 2.69 bits per heavy atom. The van der Waals surface area contributed by atoms with E-state index in [1.165, 1.54) is 22.4 Å². The van der Waals surface area contributed by atoms with Gasteiger partial charge in [-0.2, -0.15) is 16.8 Å². The summed E-state index contributed by atoms with van der Waals surface area (Å²) in [4.78, 5) is 18.7. The number of aromatic nitrogens is 1. The Morgan fingerprint density at radius 1 is 1.17 bits per heavy atom. The van der Waals surface area contributed by atoms with Crippen molar-refractivity contribution in [2.45, 2.75) is 37.6 Å². The van der Waals surface area contributed by atoms with Gasteiger partial charge < -0.3 is 4.57 Å². The standard InChI is InChI=1S/C22H25FN2OS3/c1-3-16-6-11-19-20(15-16)29-22(25(19)12-14-27-2)24-21(26)5-4-13-28-18-9-7-17(23)8-10-18/h6-11,15H,3-5,12-14H2,1-2H3. The van der Waals surface area contributed by atoms with Gasteiger partial charge in [0, 0.05) is 23.6 Å². The molecule has 1 amide bonds. The fraction of sp³-hybridized carbons (Fsp3) is 0.364. The maximum Gasteiger partial charge on any atom is 0.248 e. The molecule has 29 heavy (non-hydrogen) atoms. The van der Waals surface area contributed by atoms with Crippen LogP contribution < -0.4 is 4.80 Å². The van der Waals surface area contributed by atoms with Gasteiger partial charge in [0.05, 0.1) is 10.2 Å². The van der Waals surface area contributed by atoms with Crippen molar-refractivity contribution in [3.63, 3.8) is 0 Å². The van der Waals surface area contributed by atoms with E-state index in [2.05, 4.69) is 40.9 Å². The quantitative estimate of drug-likeness (QED) is 0.308. The van der Waals surface area contributed by atoms with Gasteiger partial charge >= 0.3 is 0 Å². The molecule has 1 heterocycles. The number of carbonyl (C=O) groups excluding carboxylic acids is 1. The minimum absolute atomic E-state index is 0.0788. The number of aryl methyl sites for hydroxylation is 2. The van der Waals surface area contributed by atoms with Crippen LogP contribution in [0.1, 0.15) is 25.3 Å². The largest absolute Gasteiger partial charge is 0.316 e. The molecule has 0 N–H and O–H groups in total. The Balaban J connectivity index is 1.68. The van der Waals surface area contributed by atoms with Gasteiger partial charge in [-0.3, -0.25) is 4.79 Å². The Morgan fingerprint density at radius 2 is 1.97 bits per heavy atom. The van der Waals surface area contributed by atoms with E-state index in [1.54, 1.807) is 47.0 Å². The molecular weight excluding hydrogens is 423 g/mol. The highest BCUT2D eigenvalue weighted by molar-refractivity contribution is 7.99. The van der Waals surface area contributed by atoms with E-state index in [0.717, 1.165) is 46.1 Å². The average Bonchev–Trinajstić information content (AvgIpc) is 3.06. The smallest absolute Gasteiger partial charge is 0.248 e. The van der Waals surface area contributed by atoms with Crippen LogP contribution in [0.3, 0.4) is 0 Å². The number of benzene rings is 2. The van der Waals surface area contributed by atoms with Crippen molar-refractivity contribution < 1.29 is 9.18 Å². The Kier molecular flexibility index (Phi) is 8.39. The van der Waals surface area contributed by atoms with E-state index in [1.807, 2.05) is 0 Å². The number of hydrogen-bond donors (Lipinski definition) is 0. The number of halogens is 1. The topological polar surface area (TPSA) is 34.4 Å². The number of amides is 1. The van der Waals surface area contributed by atoms with Gasteiger partial charge in [0.1, 0.15) is 5.82 Å².